The molecule has 7 rings (SSSR count). The molecule has 1 aliphatic heterocycles. The Morgan fingerprint density at radius 2 is 1.62 bits per heavy atom. The van der Waals surface area contributed by atoms with Crippen molar-refractivity contribution in [2.45, 2.75) is 71.4 Å². The molecule has 5 aliphatic rings. The second-order valence-corrected chi connectivity index (χ2v) is 13.1. The molecule has 2 aromatic carbocycles. The molecular formula is C32H42N4O4. The zero-order chi connectivity index (χ0) is 28.0. The Balaban J connectivity index is 1.14. The Morgan fingerprint density at radius 3 is 2.23 bits per heavy atom. The van der Waals surface area contributed by atoms with Crippen LogP contribution in [0.25, 0.3) is 0 Å². The normalized spacial score (nSPS) is 28.1. The first-order chi connectivity index (χ1) is 19.2. The molecule has 40 heavy (non-hydrogen) atoms. The Bertz CT molecular complexity index is 1230. The quantitative estimate of drug-likeness (QED) is 0.306. The van der Waals surface area contributed by atoms with Crippen molar-refractivity contribution in [1.82, 2.24) is 4.90 Å². The molecule has 4 aliphatic carbocycles. The summed E-state index contributed by atoms with van der Waals surface area (Å²) in [5.74, 6) is 3.21. The third-order valence-corrected chi connectivity index (χ3v) is 9.94. The number of nitro groups is 1. The minimum Gasteiger partial charge on any atom is -0.491 e. The molecule has 4 bridgehead atoms. The van der Waals surface area contributed by atoms with E-state index in [-0.39, 0.29) is 34.1 Å². The molecule has 0 spiro atoms. The molecular weight excluding hydrogens is 504 g/mol. The van der Waals surface area contributed by atoms with Crippen LogP contribution in [0.2, 0.25) is 0 Å². The number of piperazine rings is 1. The van der Waals surface area contributed by atoms with Gasteiger partial charge in [0.05, 0.1) is 11.0 Å². The zero-order valence-electron chi connectivity index (χ0n) is 24.0. The van der Waals surface area contributed by atoms with Gasteiger partial charge in [0.2, 0.25) is 0 Å². The summed E-state index contributed by atoms with van der Waals surface area (Å²) in [7, 11) is 0. The number of rotatable bonds is 8. The van der Waals surface area contributed by atoms with Crippen molar-refractivity contribution >= 4 is 23.0 Å². The maximum atomic E-state index is 13.2. The van der Waals surface area contributed by atoms with Crippen molar-refractivity contribution in [3.63, 3.8) is 0 Å². The topological polar surface area (TPSA) is 88.0 Å². The molecule has 1 heterocycles. The van der Waals surface area contributed by atoms with Gasteiger partial charge in [-0.2, -0.15) is 0 Å². The number of carbonyl (C=O) groups excluding carboxylic acids is 1. The predicted octanol–water partition coefficient (Wildman–Crippen LogP) is 6.36. The average Bonchev–Trinajstić information content (AvgIpc) is 2.91. The molecule has 1 atom stereocenters. The van der Waals surface area contributed by atoms with E-state index >= 15 is 0 Å². The predicted molar refractivity (Wildman–Crippen MR) is 157 cm³/mol. The lowest BCUT2D eigenvalue weighted by Gasteiger charge is -2.59. The number of hydrogen-bond donors (Lipinski definition) is 1. The monoisotopic (exact) mass is 546 g/mol. The van der Waals surface area contributed by atoms with Gasteiger partial charge in [-0.05, 0) is 113 Å². The zero-order valence-corrected chi connectivity index (χ0v) is 24.0. The molecule has 8 heteroatoms. The van der Waals surface area contributed by atoms with E-state index in [2.05, 4.69) is 17.1 Å². The SMILES string of the molecule is CC(C)Oc1cccc(C(=O)N2CCN(c3ccc([N+](=O)[O-])c(N[C@H](C)C45CC6CC(CC(C6)C4)C5)c3)CC2)c1. The van der Waals surface area contributed by atoms with Crippen LogP contribution >= 0.6 is 0 Å². The van der Waals surface area contributed by atoms with Crippen molar-refractivity contribution in [3.05, 3.63) is 58.1 Å². The molecule has 0 unspecified atom stereocenters. The van der Waals surface area contributed by atoms with E-state index in [1.54, 1.807) is 6.07 Å². The number of benzene rings is 2. The van der Waals surface area contributed by atoms with E-state index in [1.165, 1.54) is 38.5 Å². The smallest absolute Gasteiger partial charge is 0.292 e. The lowest BCUT2D eigenvalue weighted by Crippen LogP contribution is -2.53. The maximum absolute atomic E-state index is 13.2. The van der Waals surface area contributed by atoms with Crippen LogP contribution in [-0.4, -0.2) is 54.1 Å². The van der Waals surface area contributed by atoms with Gasteiger partial charge in [0.1, 0.15) is 11.4 Å². The summed E-state index contributed by atoms with van der Waals surface area (Å²) < 4.78 is 5.77. The molecule has 5 fully saturated rings. The summed E-state index contributed by atoms with van der Waals surface area (Å²) in [6.07, 6.45) is 7.95. The first-order valence-corrected chi connectivity index (χ1v) is 15.0. The molecule has 4 saturated carbocycles. The van der Waals surface area contributed by atoms with Gasteiger partial charge < -0.3 is 19.9 Å². The van der Waals surface area contributed by atoms with E-state index in [4.69, 9.17) is 4.74 Å². The highest BCUT2D eigenvalue weighted by Gasteiger charge is 2.53. The third kappa shape index (κ3) is 5.25. The van der Waals surface area contributed by atoms with Crippen LogP contribution in [0.1, 0.15) is 69.7 Å². The van der Waals surface area contributed by atoms with Crippen molar-refractivity contribution in [3.8, 4) is 5.75 Å². The van der Waals surface area contributed by atoms with Crippen molar-refractivity contribution < 1.29 is 14.5 Å². The number of ether oxygens (including phenoxy) is 1. The van der Waals surface area contributed by atoms with Gasteiger partial charge in [-0.1, -0.05) is 6.07 Å². The molecule has 8 nitrogen and oxygen atoms in total. The van der Waals surface area contributed by atoms with Crippen LogP contribution in [0.3, 0.4) is 0 Å². The first kappa shape index (κ1) is 26.9. The van der Waals surface area contributed by atoms with Crippen LogP contribution in [0, 0.1) is 33.3 Å². The summed E-state index contributed by atoms with van der Waals surface area (Å²) in [6.45, 7) is 8.73. The van der Waals surface area contributed by atoms with E-state index < -0.39 is 0 Å². The number of carbonyl (C=O) groups is 1. The van der Waals surface area contributed by atoms with Gasteiger partial charge >= 0.3 is 0 Å². The average molecular weight is 547 g/mol. The molecule has 214 valence electrons. The van der Waals surface area contributed by atoms with E-state index in [9.17, 15) is 14.9 Å². The van der Waals surface area contributed by atoms with Gasteiger partial charge in [-0.15, -0.1) is 0 Å². The lowest BCUT2D eigenvalue weighted by atomic mass is 9.48. The van der Waals surface area contributed by atoms with Gasteiger partial charge in [-0.3, -0.25) is 14.9 Å². The van der Waals surface area contributed by atoms with Crippen molar-refractivity contribution in [1.29, 1.82) is 0 Å². The maximum Gasteiger partial charge on any atom is 0.292 e. The van der Waals surface area contributed by atoms with Crippen LogP contribution in [0.5, 0.6) is 5.75 Å². The fourth-order valence-electron chi connectivity index (χ4n) is 8.41. The fraction of sp³-hybridized carbons (Fsp3) is 0.594. The number of anilines is 2. The molecule has 2 aromatic rings. The molecule has 1 N–H and O–H groups in total. The van der Waals surface area contributed by atoms with Crippen molar-refractivity contribution in [2.75, 3.05) is 36.4 Å². The highest BCUT2D eigenvalue weighted by atomic mass is 16.6. The number of hydrogen-bond acceptors (Lipinski definition) is 6. The minimum atomic E-state index is -0.272. The Morgan fingerprint density at radius 1 is 0.975 bits per heavy atom. The Labute approximate surface area is 237 Å². The number of nitrogens with one attached hydrogen (secondary N) is 1. The van der Waals surface area contributed by atoms with Crippen LogP contribution in [0.15, 0.2) is 42.5 Å². The number of nitrogens with zero attached hydrogens (tertiary/aromatic N) is 3. The number of amides is 1. The molecule has 1 saturated heterocycles. The highest BCUT2D eigenvalue weighted by molar-refractivity contribution is 5.94. The summed E-state index contributed by atoms with van der Waals surface area (Å²) in [4.78, 5) is 29.0. The fourth-order valence-corrected chi connectivity index (χ4v) is 8.41. The third-order valence-electron chi connectivity index (χ3n) is 9.94. The van der Waals surface area contributed by atoms with Gasteiger partial charge in [0.25, 0.3) is 11.6 Å². The van der Waals surface area contributed by atoms with Gasteiger partial charge in [0.15, 0.2) is 0 Å². The Hall–Kier alpha value is -3.29. The second kappa shape index (κ2) is 10.6. The van der Waals surface area contributed by atoms with Crippen molar-refractivity contribution in [2.24, 2.45) is 23.2 Å². The molecule has 1 amide bonds. The molecule has 0 radical (unpaired) electrons. The molecule has 0 aromatic heterocycles. The summed E-state index contributed by atoms with van der Waals surface area (Å²) in [5, 5.41) is 15.6. The van der Waals surface area contributed by atoms with Crippen LogP contribution in [0.4, 0.5) is 17.1 Å². The van der Waals surface area contributed by atoms with Crippen LogP contribution in [-0.2, 0) is 0 Å². The van der Waals surface area contributed by atoms with Gasteiger partial charge in [0, 0.05) is 49.5 Å². The van der Waals surface area contributed by atoms with E-state index in [1.807, 2.05) is 55.1 Å². The van der Waals surface area contributed by atoms with Crippen LogP contribution < -0.4 is 15.0 Å². The largest absolute Gasteiger partial charge is 0.491 e. The summed E-state index contributed by atoms with van der Waals surface area (Å²) in [6, 6.07) is 13.0. The summed E-state index contributed by atoms with van der Waals surface area (Å²) in [5.41, 5.74) is 2.60. The first-order valence-electron chi connectivity index (χ1n) is 15.0. The minimum absolute atomic E-state index is 0.00399. The van der Waals surface area contributed by atoms with E-state index in [0.717, 1.165) is 23.4 Å². The lowest BCUT2D eigenvalue weighted by molar-refractivity contribution is -0.384. The van der Waals surface area contributed by atoms with E-state index in [0.29, 0.717) is 43.2 Å². The second-order valence-electron chi connectivity index (χ2n) is 13.1. The standard InChI is InChI=1S/C32H42N4O4/c1-21(2)40-28-6-4-5-26(16-28)31(37)35-11-9-34(10-12-35)27-7-8-30(36(38)39)29(17-27)33-22(3)32-18-23-13-24(19-32)15-25(14-23)20-32/h4-8,16-17,21-25,33H,9-15,18-20H2,1-3H3/t22-,23?,24?,25?,32?/m1/s1. The number of nitro benzene ring substituents is 1. The highest BCUT2D eigenvalue weighted by Crippen LogP contribution is 2.61. The van der Waals surface area contributed by atoms with Gasteiger partial charge in [-0.25, -0.2) is 0 Å². The summed E-state index contributed by atoms with van der Waals surface area (Å²) >= 11 is 0. The Kier molecular flexibility index (Phi) is 7.13.